The van der Waals surface area contributed by atoms with E-state index < -0.39 is 4.92 Å². The van der Waals surface area contributed by atoms with Gasteiger partial charge < -0.3 is 15.2 Å². The van der Waals surface area contributed by atoms with Crippen molar-refractivity contribution in [1.82, 2.24) is 4.98 Å². The van der Waals surface area contributed by atoms with E-state index >= 15 is 0 Å². The predicted octanol–water partition coefficient (Wildman–Crippen LogP) is 2.24. The van der Waals surface area contributed by atoms with Crippen LogP contribution < -0.4 is 15.2 Å². The minimum absolute atomic E-state index is 0.0393. The summed E-state index contributed by atoms with van der Waals surface area (Å²) >= 11 is 0. The van der Waals surface area contributed by atoms with Gasteiger partial charge in [0.05, 0.1) is 35.8 Å². The summed E-state index contributed by atoms with van der Waals surface area (Å²) in [5.74, 6) is 0.599. The summed E-state index contributed by atoms with van der Waals surface area (Å²) in [5.41, 5.74) is 5.58. The molecule has 0 atom stereocenters. The van der Waals surface area contributed by atoms with Crippen LogP contribution in [0.5, 0.6) is 17.4 Å². The maximum absolute atomic E-state index is 10.8. The fourth-order valence-corrected chi connectivity index (χ4v) is 1.60. The number of nitrogens with zero attached hydrogens (tertiary/aromatic N) is 3. The molecule has 2 aromatic rings. The van der Waals surface area contributed by atoms with Gasteiger partial charge in [0.2, 0.25) is 5.88 Å². The Morgan fingerprint density at radius 3 is 2.62 bits per heavy atom. The Balaban J connectivity index is 2.38. The first-order chi connectivity index (χ1) is 10.0. The maximum Gasteiger partial charge on any atom is 0.278 e. The molecular weight excluding hydrogens is 276 g/mol. The highest BCUT2D eigenvalue weighted by Crippen LogP contribution is 2.28. The number of nitro groups is 1. The van der Waals surface area contributed by atoms with Crippen molar-refractivity contribution in [2.75, 3.05) is 12.8 Å². The number of methoxy groups -OCH3 is 1. The van der Waals surface area contributed by atoms with Gasteiger partial charge in [0.25, 0.3) is 5.69 Å². The van der Waals surface area contributed by atoms with E-state index in [2.05, 4.69) is 4.98 Å². The van der Waals surface area contributed by atoms with E-state index in [-0.39, 0.29) is 23.1 Å². The number of nitrogen functional groups attached to an aromatic ring is 1. The number of anilines is 1. The first-order valence-corrected chi connectivity index (χ1v) is 5.71. The van der Waals surface area contributed by atoms with Gasteiger partial charge in [-0.3, -0.25) is 10.1 Å². The second-order valence-electron chi connectivity index (χ2n) is 3.96. The first-order valence-electron chi connectivity index (χ1n) is 5.71. The first kappa shape index (κ1) is 14.1. The number of nitriles is 1. The zero-order chi connectivity index (χ0) is 15.4. The van der Waals surface area contributed by atoms with Crippen LogP contribution in [-0.2, 0) is 0 Å². The fraction of sp³-hybridized carbons (Fsp3) is 0.0769. The Morgan fingerprint density at radius 1 is 1.29 bits per heavy atom. The molecule has 0 bridgehead atoms. The van der Waals surface area contributed by atoms with Gasteiger partial charge in [-0.05, 0) is 12.1 Å². The Kier molecular flexibility index (Phi) is 3.85. The normalized spacial score (nSPS) is 9.71. The van der Waals surface area contributed by atoms with Crippen LogP contribution in [0.15, 0.2) is 30.3 Å². The van der Waals surface area contributed by atoms with Gasteiger partial charge in [-0.15, -0.1) is 0 Å². The number of ether oxygens (including phenoxy) is 2. The van der Waals surface area contributed by atoms with Crippen LogP contribution >= 0.6 is 0 Å². The molecule has 8 nitrogen and oxygen atoms in total. The Labute approximate surface area is 119 Å². The Bertz CT molecular complexity index is 739. The topological polar surface area (TPSA) is 124 Å². The predicted molar refractivity (Wildman–Crippen MR) is 73.1 cm³/mol. The van der Waals surface area contributed by atoms with Crippen LogP contribution in [0.4, 0.5) is 11.5 Å². The van der Waals surface area contributed by atoms with Crippen LogP contribution in [0.1, 0.15) is 5.56 Å². The van der Waals surface area contributed by atoms with Crippen LogP contribution in [0.3, 0.4) is 0 Å². The molecule has 0 aliphatic rings. The molecule has 21 heavy (non-hydrogen) atoms. The van der Waals surface area contributed by atoms with Crippen LogP contribution in [0.2, 0.25) is 0 Å². The average molecular weight is 286 g/mol. The molecule has 106 valence electrons. The molecule has 2 rings (SSSR count). The van der Waals surface area contributed by atoms with Gasteiger partial charge in [-0.2, -0.15) is 10.2 Å². The number of hydrogen-bond donors (Lipinski definition) is 1. The maximum atomic E-state index is 10.8. The van der Waals surface area contributed by atoms with Crippen molar-refractivity contribution in [3.63, 3.8) is 0 Å². The minimum atomic E-state index is -0.600. The summed E-state index contributed by atoms with van der Waals surface area (Å²) in [5, 5.41) is 19.7. The van der Waals surface area contributed by atoms with E-state index in [1.165, 1.54) is 25.3 Å². The zero-order valence-corrected chi connectivity index (χ0v) is 10.9. The van der Waals surface area contributed by atoms with Gasteiger partial charge in [-0.25, -0.2) is 0 Å². The summed E-state index contributed by atoms with van der Waals surface area (Å²) in [6, 6.07) is 8.73. The SMILES string of the molecule is COc1cc(C#N)cc(Oc2cc([N+](=O)[O-])cc(N)n2)c1. The van der Waals surface area contributed by atoms with Crippen molar-refractivity contribution in [3.8, 4) is 23.4 Å². The lowest BCUT2D eigenvalue weighted by Gasteiger charge is -2.08. The Morgan fingerprint density at radius 2 is 2.00 bits per heavy atom. The quantitative estimate of drug-likeness (QED) is 0.674. The van der Waals surface area contributed by atoms with E-state index in [0.29, 0.717) is 11.3 Å². The minimum Gasteiger partial charge on any atom is -0.497 e. The van der Waals surface area contributed by atoms with E-state index in [1.54, 1.807) is 0 Å². The lowest BCUT2D eigenvalue weighted by atomic mass is 10.2. The molecule has 0 spiro atoms. The largest absolute Gasteiger partial charge is 0.497 e. The average Bonchev–Trinajstić information content (AvgIpc) is 2.46. The van der Waals surface area contributed by atoms with E-state index in [4.69, 9.17) is 20.5 Å². The van der Waals surface area contributed by atoms with Gasteiger partial charge >= 0.3 is 0 Å². The summed E-state index contributed by atoms with van der Waals surface area (Å²) in [4.78, 5) is 14.0. The summed E-state index contributed by atoms with van der Waals surface area (Å²) in [6.07, 6.45) is 0. The van der Waals surface area contributed by atoms with Crippen LogP contribution in [0.25, 0.3) is 0 Å². The molecule has 0 unspecified atom stereocenters. The van der Waals surface area contributed by atoms with Crippen molar-refractivity contribution in [3.05, 3.63) is 46.0 Å². The fourth-order valence-electron chi connectivity index (χ4n) is 1.60. The molecule has 0 radical (unpaired) electrons. The molecular formula is C13H10N4O4. The molecule has 2 N–H and O–H groups in total. The molecule has 1 aromatic heterocycles. The number of nitrogens with two attached hydrogens (primary N) is 1. The monoisotopic (exact) mass is 286 g/mol. The second-order valence-corrected chi connectivity index (χ2v) is 3.96. The summed E-state index contributed by atoms with van der Waals surface area (Å²) < 4.78 is 10.4. The van der Waals surface area contributed by atoms with E-state index in [9.17, 15) is 10.1 Å². The zero-order valence-electron chi connectivity index (χ0n) is 10.9. The lowest BCUT2D eigenvalue weighted by Crippen LogP contribution is -1.97. The third-order valence-electron chi connectivity index (χ3n) is 2.48. The molecule has 8 heteroatoms. The molecule has 1 heterocycles. The van der Waals surface area contributed by atoms with Crippen molar-refractivity contribution in [2.45, 2.75) is 0 Å². The van der Waals surface area contributed by atoms with E-state index in [0.717, 1.165) is 12.1 Å². The van der Waals surface area contributed by atoms with Crippen molar-refractivity contribution >= 4 is 11.5 Å². The molecule has 0 saturated carbocycles. The van der Waals surface area contributed by atoms with Gasteiger partial charge in [0.15, 0.2) is 0 Å². The smallest absolute Gasteiger partial charge is 0.278 e. The highest BCUT2D eigenvalue weighted by atomic mass is 16.6. The van der Waals surface area contributed by atoms with Crippen molar-refractivity contribution in [1.29, 1.82) is 5.26 Å². The number of hydrogen-bond acceptors (Lipinski definition) is 7. The number of pyridine rings is 1. The standard InChI is InChI=1S/C13H10N4O4/c1-20-10-2-8(7-14)3-11(6-10)21-13-5-9(17(18)19)4-12(15)16-13/h2-6H,1H3,(H2,15,16). The van der Waals surface area contributed by atoms with E-state index in [1.807, 2.05) is 6.07 Å². The molecule has 0 aliphatic carbocycles. The third-order valence-corrected chi connectivity index (χ3v) is 2.48. The second kappa shape index (κ2) is 5.75. The third kappa shape index (κ3) is 3.36. The van der Waals surface area contributed by atoms with Crippen molar-refractivity contribution < 1.29 is 14.4 Å². The molecule has 1 aromatic carbocycles. The summed E-state index contributed by atoms with van der Waals surface area (Å²) in [6.45, 7) is 0. The highest BCUT2D eigenvalue weighted by molar-refractivity contribution is 5.48. The number of benzene rings is 1. The Hall–Kier alpha value is -3.34. The van der Waals surface area contributed by atoms with Crippen molar-refractivity contribution in [2.24, 2.45) is 0 Å². The summed E-state index contributed by atoms with van der Waals surface area (Å²) in [7, 11) is 1.45. The molecule has 0 amide bonds. The highest BCUT2D eigenvalue weighted by Gasteiger charge is 2.12. The number of rotatable bonds is 4. The molecule has 0 fully saturated rings. The molecule has 0 aliphatic heterocycles. The van der Waals surface area contributed by atoms with Crippen LogP contribution in [-0.4, -0.2) is 17.0 Å². The lowest BCUT2D eigenvalue weighted by molar-refractivity contribution is -0.384. The molecule has 0 saturated heterocycles. The number of aromatic nitrogens is 1. The van der Waals surface area contributed by atoms with Crippen LogP contribution in [0, 0.1) is 21.4 Å². The van der Waals surface area contributed by atoms with Gasteiger partial charge in [-0.1, -0.05) is 0 Å². The van der Waals surface area contributed by atoms with Gasteiger partial charge in [0, 0.05) is 6.07 Å². The van der Waals surface area contributed by atoms with Gasteiger partial charge in [0.1, 0.15) is 17.3 Å².